The molecule has 98 valence electrons. The van der Waals surface area contributed by atoms with E-state index >= 15 is 0 Å². The lowest BCUT2D eigenvalue weighted by Crippen LogP contribution is -2.43. The molecular weight excluding hydrogens is 224 g/mol. The maximum atomic E-state index is 5.96. The summed E-state index contributed by atoms with van der Waals surface area (Å²) in [5.41, 5.74) is 5.56. The van der Waals surface area contributed by atoms with Crippen LogP contribution in [0.3, 0.4) is 0 Å². The van der Waals surface area contributed by atoms with Crippen molar-refractivity contribution in [2.75, 3.05) is 6.54 Å². The van der Waals surface area contributed by atoms with Crippen molar-refractivity contribution in [1.82, 2.24) is 4.98 Å². The van der Waals surface area contributed by atoms with Crippen molar-refractivity contribution in [2.24, 2.45) is 29.4 Å². The van der Waals surface area contributed by atoms with Crippen LogP contribution >= 0.6 is 0 Å². The fourth-order valence-electron chi connectivity index (χ4n) is 5.11. The quantitative estimate of drug-likeness (QED) is 0.892. The highest BCUT2D eigenvalue weighted by molar-refractivity contribution is 5.13. The Hall–Kier alpha value is -0.830. The van der Waals surface area contributed by atoms with E-state index in [0.29, 0.717) is 12.5 Å². The van der Waals surface area contributed by atoms with Crippen molar-refractivity contribution in [3.8, 4) is 0 Å². The van der Waals surface area contributed by atoms with Gasteiger partial charge in [0.25, 0.3) is 0 Å². The molecule has 0 atom stereocenters. The molecule has 3 heteroatoms. The van der Waals surface area contributed by atoms with Crippen LogP contribution in [0.5, 0.6) is 0 Å². The van der Waals surface area contributed by atoms with Gasteiger partial charge in [0, 0.05) is 18.9 Å². The van der Waals surface area contributed by atoms with Crippen LogP contribution in [-0.2, 0) is 6.42 Å². The van der Waals surface area contributed by atoms with Crippen molar-refractivity contribution in [1.29, 1.82) is 0 Å². The van der Waals surface area contributed by atoms with Gasteiger partial charge in [-0.15, -0.1) is 0 Å². The zero-order valence-corrected chi connectivity index (χ0v) is 10.8. The molecule has 1 aromatic heterocycles. The highest BCUT2D eigenvalue weighted by Gasteiger charge is 2.49. The number of oxazole rings is 1. The number of hydrogen-bond acceptors (Lipinski definition) is 3. The lowest BCUT2D eigenvalue weighted by molar-refractivity contribution is -0.00990. The third-order valence-electron chi connectivity index (χ3n) is 5.48. The van der Waals surface area contributed by atoms with Crippen LogP contribution < -0.4 is 5.73 Å². The van der Waals surface area contributed by atoms with Gasteiger partial charge in [0.1, 0.15) is 5.76 Å². The molecule has 4 bridgehead atoms. The maximum absolute atomic E-state index is 5.96. The molecule has 4 fully saturated rings. The zero-order valence-electron chi connectivity index (χ0n) is 10.8. The summed E-state index contributed by atoms with van der Waals surface area (Å²) >= 11 is 0. The SMILES string of the molecule is NCCc1ncc(C2C3CC4CC(C3)CC2C4)o1. The Labute approximate surface area is 108 Å². The first kappa shape index (κ1) is 11.0. The van der Waals surface area contributed by atoms with Crippen molar-refractivity contribution >= 4 is 0 Å². The third kappa shape index (κ3) is 1.63. The Kier molecular flexibility index (Phi) is 2.51. The first-order chi connectivity index (χ1) is 8.83. The Morgan fingerprint density at radius 1 is 1.11 bits per heavy atom. The van der Waals surface area contributed by atoms with Gasteiger partial charge < -0.3 is 10.2 Å². The predicted molar refractivity (Wildman–Crippen MR) is 69.0 cm³/mol. The number of aromatic nitrogens is 1. The van der Waals surface area contributed by atoms with Gasteiger partial charge in [-0.25, -0.2) is 4.98 Å². The zero-order chi connectivity index (χ0) is 12.1. The van der Waals surface area contributed by atoms with Crippen molar-refractivity contribution in [2.45, 2.75) is 44.4 Å². The van der Waals surface area contributed by atoms with Gasteiger partial charge in [0.05, 0.1) is 6.20 Å². The van der Waals surface area contributed by atoms with E-state index in [2.05, 4.69) is 4.98 Å². The van der Waals surface area contributed by atoms with Crippen LogP contribution in [0.25, 0.3) is 0 Å². The van der Waals surface area contributed by atoms with Gasteiger partial charge in [-0.2, -0.15) is 0 Å². The molecule has 1 heterocycles. The maximum Gasteiger partial charge on any atom is 0.195 e. The van der Waals surface area contributed by atoms with Gasteiger partial charge in [0.2, 0.25) is 0 Å². The summed E-state index contributed by atoms with van der Waals surface area (Å²) in [6.07, 6.45) is 10.0. The van der Waals surface area contributed by atoms with Gasteiger partial charge in [-0.1, -0.05) is 0 Å². The molecule has 0 unspecified atom stereocenters. The van der Waals surface area contributed by atoms with Crippen molar-refractivity contribution in [3.63, 3.8) is 0 Å². The van der Waals surface area contributed by atoms with Crippen LogP contribution in [0.1, 0.15) is 49.7 Å². The van der Waals surface area contributed by atoms with E-state index in [0.717, 1.165) is 41.7 Å². The van der Waals surface area contributed by atoms with Crippen LogP contribution in [-0.4, -0.2) is 11.5 Å². The van der Waals surface area contributed by atoms with E-state index in [1.54, 1.807) is 0 Å². The fraction of sp³-hybridized carbons (Fsp3) is 0.800. The molecule has 2 N–H and O–H groups in total. The number of hydrogen-bond donors (Lipinski definition) is 1. The summed E-state index contributed by atoms with van der Waals surface area (Å²) in [6, 6.07) is 0. The highest BCUT2D eigenvalue weighted by Crippen LogP contribution is 2.59. The van der Waals surface area contributed by atoms with E-state index in [1.165, 1.54) is 32.1 Å². The van der Waals surface area contributed by atoms with E-state index in [4.69, 9.17) is 10.2 Å². The lowest BCUT2D eigenvalue weighted by Gasteiger charge is -2.53. The minimum absolute atomic E-state index is 0.627. The normalized spacial score (nSPS) is 41.5. The molecule has 0 saturated heterocycles. The number of nitrogens with zero attached hydrogens (tertiary/aromatic N) is 1. The molecular formula is C15H22N2O. The molecule has 0 aromatic carbocycles. The molecule has 4 saturated carbocycles. The lowest BCUT2D eigenvalue weighted by atomic mass is 9.51. The average molecular weight is 246 g/mol. The smallest absolute Gasteiger partial charge is 0.195 e. The largest absolute Gasteiger partial charge is 0.445 e. The Morgan fingerprint density at radius 2 is 1.78 bits per heavy atom. The third-order valence-corrected chi connectivity index (χ3v) is 5.48. The Morgan fingerprint density at radius 3 is 2.39 bits per heavy atom. The van der Waals surface area contributed by atoms with Gasteiger partial charge >= 0.3 is 0 Å². The first-order valence-corrected chi connectivity index (χ1v) is 7.48. The molecule has 0 radical (unpaired) electrons. The van der Waals surface area contributed by atoms with Gasteiger partial charge in [0.15, 0.2) is 5.89 Å². The Bertz CT molecular complexity index is 411. The Balaban J connectivity index is 1.60. The summed E-state index contributed by atoms with van der Waals surface area (Å²) < 4.78 is 5.96. The van der Waals surface area contributed by atoms with E-state index in [9.17, 15) is 0 Å². The van der Waals surface area contributed by atoms with Crippen LogP contribution in [0.2, 0.25) is 0 Å². The average Bonchev–Trinajstić information content (AvgIpc) is 2.76. The molecule has 3 nitrogen and oxygen atoms in total. The molecule has 4 aliphatic rings. The summed E-state index contributed by atoms with van der Waals surface area (Å²) in [6.45, 7) is 0.627. The molecule has 4 aliphatic carbocycles. The molecule has 5 rings (SSSR count). The highest BCUT2D eigenvalue weighted by atomic mass is 16.4. The number of rotatable bonds is 3. The van der Waals surface area contributed by atoms with E-state index in [1.807, 2.05) is 6.20 Å². The van der Waals surface area contributed by atoms with Gasteiger partial charge in [-0.3, -0.25) is 0 Å². The summed E-state index contributed by atoms with van der Waals surface area (Å²) in [5.74, 6) is 6.45. The topological polar surface area (TPSA) is 52.0 Å². The molecule has 0 spiro atoms. The standard InChI is InChI=1S/C15H22N2O/c16-2-1-14-17-8-13(18-14)15-11-4-9-3-10(6-11)7-12(15)5-9/h8-12,15H,1-7,16H2. The first-order valence-electron chi connectivity index (χ1n) is 7.48. The molecule has 0 aliphatic heterocycles. The van der Waals surface area contributed by atoms with Crippen LogP contribution in [0.4, 0.5) is 0 Å². The summed E-state index contributed by atoms with van der Waals surface area (Å²) in [5, 5.41) is 0. The van der Waals surface area contributed by atoms with E-state index < -0.39 is 0 Å². The molecule has 1 aromatic rings. The van der Waals surface area contributed by atoms with Gasteiger partial charge in [-0.05, 0) is 55.8 Å². The summed E-state index contributed by atoms with van der Waals surface area (Å²) in [4.78, 5) is 4.39. The van der Waals surface area contributed by atoms with Crippen LogP contribution in [0, 0.1) is 23.7 Å². The minimum atomic E-state index is 0.627. The van der Waals surface area contributed by atoms with Crippen LogP contribution in [0.15, 0.2) is 10.6 Å². The molecule has 0 amide bonds. The monoisotopic (exact) mass is 246 g/mol. The second kappa shape index (κ2) is 4.09. The second-order valence-corrected chi connectivity index (χ2v) is 6.65. The summed E-state index contributed by atoms with van der Waals surface area (Å²) in [7, 11) is 0. The predicted octanol–water partition coefficient (Wildman–Crippen LogP) is 2.72. The fourth-order valence-corrected chi connectivity index (χ4v) is 5.11. The second-order valence-electron chi connectivity index (χ2n) is 6.65. The minimum Gasteiger partial charge on any atom is -0.445 e. The van der Waals surface area contributed by atoms with Crippen molar-refractivity contribution < 1.29 is 4.42 Å². The number of nitrogens with two attached hydrogens (primary N) is 1. The molecule has 18 heavy (non-hydrogen) atoms. The van der Waals surface area contributed by atoms with Crippen molar-refractivity contribution in [3.05, 3.63) is 17.8 Å². The van der Waals surface area contributed by atoms with E-state index in [-0.39, 0.29) is 0 Å².